The van der Waals surface area contributed by atoms with Crippen molar-refractivity contribution in [1.82, 2.24) is 9.88 Å². The van der Waals surface area contributed by atoms with Crippen molar-refractivity contribution in [2.75, 3.05) is 12.3 Å². The summed E-state index contributed by atoms with van der Waals surface area (Å²) in [5, 5.41) is 11.9. The van der Waals surface area contributed by atoms with Gasteiger partial charge in [0.25, 0.3) is 5.56 Å². The number of anilines is 1. The summed E-state index contributed by atoms with van der Waals surface area (Å²) in [5.41, 5.74) is 5.01. The first-order valence-corrected chi connectivity index (χ1v) is 5.78. The fraction of sp³-hybridized carbons (Fsp3) is 0.500. The molecule has 0 spiro atoms. The van der Waals surface area contributed by atoms with Crippen molar-refractivity contribution in [3.05, 3.63) is 28.7 Å². The Morgan fingerprint density at radius 3 is 2.78 bits per heavy atom. The summed E-state index contributed by atoms with van der Waals surface area (Å²) in [6.45, 7) is 3.34. The predicted octanol–water partition coefficient (Wildman–Crippen LogP) is -0.292. The minimum Gasteiger partial charge on any atom is -0.398 e. The molecule has 0 saturated heterocycles. The van der Waals surface area contributed by atoms with E-state index in [1.165, 1.54) is 22.9 Å². The predicted molar refractivity (Wildman–Crippen MR) is 69.0 cm³/mol. The summed E-state index contributed by atoms with van der Waals surface area (Å²) in [5.74, 6) is -0.332. The third-order valence-corrected chi connectivity index (χ3v) is 2.89. The summed E-state index contributed by atoms with van der Waals surface area (Å²) in [4.78, 5) is 23.3. The molecule has 0 aliphatic rings. The van der Waals surface area contributed by atoms with Crippen LogP contribution in [0.5, 0.6) is 0 Å². The molecule has 1 heterocycles. The average molecular weight is 253 g/mol. The molecule has 1 aromatic rings. The zero-order chi connectivity index (χ0) is 13.8. The van der Waals surface area contributed by atoms with Crippen LogP contribution >= 0.6 is 0 Å². The maximum atomic E-state index is 11.8. The van der Waals surface area contributed by atoms with Gasteiger partial charge in [-0.2, -0.15) is 0 Å². The Kier molecular flexibility index (Phi) is 4.49. The molecule has 0 radical (unpaired) electrons. The van der Waals surface area contributed by atoms with Gasteiger partial charge in [0, 0.05) is 18.0 Å². The van der Waals surface area contributed by atoms with E-state index >= 15 is 0 Å². The second kappa shape index (κ2) is 5.68. The molecule has 0 aliphatic heterocycles. The van der Waals surface area contributed by atoms with Crippen molar-refractivity contribution in [2.45, 2.75) is 32.4 Å². The number of aliphatic hydroxyl groups is 1. The second-order valence-electron chi connectivity index (χ2n) is 4.55. The zero-order valence-corrected chi connectivity index (χ0v) is 10.6. The molecule has 1 rings (SSSR count). The van der Waals surface area contributed by atoms with Gasteiger partial charge in [0.1, 0.15) is 6.54 Å². The lowest BCUT2D eigenvalue weighted by Crippen LogP contribution is -2.50. The largest absolute Gasteiger partial charge is 0.398 e. The van der Waals surface area contributed by atoms with Gasteiger partial charge in [0.2, 0.25) is 5.91 Å². The molecule has 1 unspecified atom stereocenters. The fourth-order valence-corrected chi connectivity index (χ4v) is 1.44. The Labute approximate surface area is 105 Å². The molecule has 1 amide bonds. The van der Waals surface area contributed by atoms with Crippen LogP contribution in [0.2, 0.25) is 0 Å². The highest BCUT2D eigenvalue weighted by atomic mass is 16.3. The highest BCUT2D eigenvalue weighted by Gasteiger charge is 2.23. The summed E-state index contributed by atoms with van der Waals surface area (Å²) in [7, 11) is 0. The smallest absolute Gasteiger partial charge is 0.251 e. The molecular weight excluding hydrogens is 234 g/mol. The summed E-state index contributed by atoms with van der Waals surface area (Å²) in [6, 6.07) is 2.80. The lowest BCUT2D eigenvalue weighted by atomic mass is 10.0. The number of aromatic nitrogens is 1. The van der Waals surface area contributed by atoms with Crippen molar-refractivity contribution in [3.8, 4) is 0 Å². The molecule has 0 aliphatic carbocycles. The Bertz CT molecular complexity index is 478. The Morgan fingerprint density at radius 2 is 2.22 bits per heavy atom. The first-order valence-electron chi connectivity index (χ1n) is 5.78. The zero-order valence-electron chi connectivity index (χ0n) is 10.6. The van der Waals surface area contributed by atoms with E-state index in [2.05, 4.69) is 5.32 Å². The number of pyridine rings is 1. The number of hydrogen-bond acceptors (Lipinski definition) is 4. The first kappa shape index (κ1) is 14.2. The van der Waals surface area contributed by atoms with Crippen molar-refractivity contribution in [1.29, 1.82) is 0 Å². The number of carbonyl (C=O) groups excluding carboxylic acids is 1. The van der Waals surface area contributed by atoms with Crippen LogP contribution in [0.1, 0.15) is 20.3 Å². The maximum absolute atomic E-state index is 11.8. The van der Waals surface area contributed by atoms with Gasteiger partial charge < -0.3 is 20.7 Å². The van der Waals surface area contributed by atoms with E-state index in [-0.39, 0.29) is 24.6 Å². The SMILES string of the molecule is CCC(C)(CO)NC(=O)Cn1cc(N)ccc1=O. The van der Waals surface area contributed by atoms with Crippen molar-refractivity contribution in [3.63, 3.8) is 0 Å². The maximum Gasteiger partial charge on any atom is 0.251 e. The van der Waals surface area contributed by atoms with E-state index in [0.717, 1.165) is 0 Å². The van der Waals surface area contributed by atoms with Crippen LogP contribution < -0.4 is 16.6 Å². The summed E-state index contributed by atoms with van der Waals surface area (Å²) < 4.78 is 1.23. The lowest BCUT2D eigenvalue weighted by molar-refractivity contribution is -0.124. The van der Waals surface area contributed by atoms with Crippen molar-refractivity contribution < 1.29 is 9.90 Å². The number of nitrogens with one attached hydrogen (secondary N) is 1. The van der Waals surface area contributed by atoms with Gasteiger partial charge in [-0.05, 0) is 19.4 Å². The molecular formula is C12H19N3O3. The van der Waals surface area contributed by atoms with E-state index in [9.17, 15) is 14.7 Å². The highest BCUT2D eigenvalue weighted by Crippen LogP contribution is 2.07. The van der Waals surface area contributed by atoms with Gasteiger partial charge in [0.15, 0.2) is 0 Å². The molecule has 0 bridgehead atoms. The van der Waals surface area contributed by atoms with Gasteiger partial charge in [-0.15, -0.1) is 0 Å². The molecule has 0 saturated carbocycles. The number of nitrogens with two attached hydrogens (primary N) is 1. The minimum absolute atomic E-state index is 0.112. The number of hydrogen-bond donors (Lipinski definition) is 3. The van der Waals surface area contributed by atoms with Crippen LogP contribution in [0.25, 0.3) is 0 Å². The minimum atomic E-state index is -0.666. The second-order valence-corrected chi connectivity index (χ2v) is 4.55. The molecule has 6 heteroatoms. The molecule has 18 heavy (non-hydrogen) atoms. The van der Waals surface area contributed by atoms with Gasteiger partial charge in [-0.3, -0.25) is 9.59 Å². The number of amides is 1. The Hall–Kier alpha value is -1.82. The van der Waals surface area contributed by atoms with E-state index < -0.39 is 5.54 Å². The summed E-state index contributed by atoms with van der Waals surface area (Å²) in [6.07, 6.45) is 2.02. The molecule has 0 fully saturated rings. The number of rotatable bonds is 5. The fourth-order valence-electron chi connectivity index (χ4n) is 1.44. The molecule has 4 N–H and O–H groups in total. The average Bonchev–Trinajstić information content (AvgIpc) is 2.33. The van der Waals surface area contributed by atoms with E-state index in [1.54, 1.807) is 6.92 Å². The molecule has 6 nitrogen and oxygen atoms in total. The number of carbonyl (C=O) groups is 1. The van der Waals surface area contributed by atoms with Gasteiger partial charge >= 0.3 is 0 Å². The van der Waals surface area contributed by atoms with Gasteiger partial charge in [0.05, 0.1) is 12.1 Å². The topological polar surface area (TPSA) is 97.3 Å². The Morgan fingerprint density at radius 1 is 1.56 bits per heavy atom. The number of aliphatic hydroxyl groups excluding tert-OH is 1. The molecule has 100 valence electrons. The van der Waals surface area contributed by atoms with Crippen LogP contribution in [-0.2, 0) is 11.3 Å². The van der Waals surface area contributed by atoms with E-state index in [4.69, 9.17) is 5.73 Å². The normalized spacial score (nSPS) is 13.9. The molecule has 1 aromatic heterocycles. The van der Waals surface area contributed by atoms with Gasteiger partial charge in [-0.1, -0.05) is 6.92 Å². The Balaban J connectivity index is 2.76. The standard InChI is InChI=1S/C12H19N3O3/c1-3-12(2,8-16)14-10(17)7-15-6-9(13)4-5-11(15)18/h4-6,16H,3,7-8,13H2,1-2H3,(H,14,17). The van der Waals surface area contributed by atoms with Crippen LogP contribution in [0.15, 0.2) is 23.1 Å². The van der Waals surface area contributed by atoms with Crippen LogP contribution in [-0.4, -0.2) is 27.7 Å². The van der Waals surface area contributed by atoms with Crippen molar-refractivity contribution >= 4 is 11.6 Å². The number of nitrogen functional groups attached to an aromatic ring is 1. The number of nitrogens with zero attached hydrogens (tertiary/aromatic N) is 1. The van der Waals surface area contributed by atoms with Crippen LogP contribution in [0.4, 0.5) is 5.69 Å². The van der Waals surface area contributed by atoms with E-state index in [1.807, 2.05) is 6.92 Å². The first-order chi connectivity index (χ1) is 8.40. The van der Waals surface area contributed by atoms with Crippen LogP contribution in [0, 0.1) is 0 Å². The molecule has 0 aromatic carbocycles. The quantitative estimate of drug-likeness (QED) is 0.671. The summed E-state index contributed by atoms with van der Waals surface area (Å²) >= 11 is 0. The monoisotopic (exact) mass is 253 g/mol. The van der Waals surface area contributed by atoms with Gasteiger partial charge in [-0.25, -0.2) is 0 Å². The third kappa shape index (κ3) is 3.59. The lowest BCUT2D eigenvalue weighted by Gasteiger charge is -2.27. The van der Waals surface area contributed by atoms with E-state index in [0.29, 0.717) is 12.1 Å². The van der Waals surface area contributed by atoms with Crippen LogP contribution in [0.3, 0.4) is 0 Å². The van der Waals surface area contributed by atoms with Crippen molar-refractivity contribution in [2.24, 2.45) is 0 Å². The third-order valence-electron chi connectivity index (χ3n) is 2.89. The highest BCUT2D eigenvalue weighted by molar-refractivity contribution is 5.76. The molecule has 1 atom stereocenters.